The second-order valence-electron chi connectivity index (χ2n) is 5.82. The number of halogens is 1. The van der Waals surface area contributed by atoms with Gasteiger partial charge in [0.1, 0.15) is 4.90 Å². The van der Waals surface area contributed by atoms with E-state index in [0.717, 1.165) is 4.31 Å². The smallest absolute Gasteiger partial charge is 0.316 e. The summed E-state index contributed by atoms with van der Waals surface area (Å²) in [7, 11) is -1.04. The Morgan fingerprint density at radius 3 is 2.31 bits per heavy atom. The van der Waals surface area contributed by atoms with Crippen molar-refractivity contribution >= 4 is 50.6 Å². The number of fused-ring (bicyclic) bond motifs is 1. The minimum atomic E-state index is -4.10. The molecule has 1 aliphatic rings. The Labute approximate surface area is 156 Å². The Morgan fingerprint density at radius 2 is 1.73 bits per heavy atom. The molecule has 0 aliphatic carbocycles. The highest BCUT2D eigenvalue weighted by Crippen LogP contribution is 2.38. The van der Waals surface area contributed by atoms with Crippen molar-refractivity contribution in [2.24, 2.45) is 0 Å². The maximum Gasteiger partial charge on any atom is 0.342 e. The molecule has 0 fully saturated rings. The molecular weight excluding hydrogens is 378 g/mol. The van der Waals surface area contributed by atoms with Crippen LogP contribution in [0.3, 0.4) is 0 Å². The fourth-order valence-corrected chi connectivity index (χ4v) is 4.39. The zero-order valence-electron chi connectivity index (χ0n) is 14.3. The Bertz CT molecular complexity index is 1010. The van der Waals surface area contributed by atoms with Gasteiger partial charge in [0.25, 0.3) is 10.0 Å². The van der Waals surface area contributed by atoms with Crippen LogP contribution in [-0.2, 0) is 14.8 Å². The minimum Gasteiger partial charge on any atom is -0.316 e. The van der Waals surface area contributed by atoms with Crippen LogP contribution in [0.2, 0.25) is 5.02 Å². The molecule has 0 spiro atoms. The van der Waals surface area contributed by atoms with Crippen LogP contribution in [0.15, 0.2) is 47.4 Å². The number of carbonyl (C=O) groups is 2. The fraction of sp³-hybridized carbons (Fsp3) is 0.176. The van der Waals surface area contributed by atoms with E-state index in [2.05, 4.69) is 0 Å². The first-order valence-electron chi connectivity index (χ1n) is 7.61. The van der Waals surface area contributed by atoms with Gasteiger partial charge in [0.2, 0.25) is 5.91 Å². The third-order valence-corrected chi connectivity index (χ3v) is 6.20. The van der Waals surface area contributed by atoms with Gasteiger partial charge in [0.05, 0.1) is 11.4 Å². The number of amides is 3. The zero-order chi connectivity index (χ0) is 19.2. The molecule has 0 bridgehead atoms. The third kappa shape index (κ3) is 2.81. The van der Waals surface area contributed by atoms with E-state index < -0.39 is 16.1 Å². The molecule has 3 rings (SSSR count). The lowest BCUT2D eigenvalue weighted by molar-refractivity contribution is -0.116. The summed E-state index contributed by atoms with van der Waals surface area (Å²) in [5.41, 5.74) is 0.902. The second kappa shape index (κ2) is 6.30. The van der Waals surface area contributed by atoms with Gasteiger partial charge < -0.3 is 4.90 Å². The molecule has 1 aliphatic heterocycles. The molecule has 7 nitrogen and oxygen atoms in total. The van der Waals surface area contributed by atoms with E-state index in [1.807, 2.05) is 0 Å². The van der Waals surface area contributed by atoms with Crippen LogP contribution in [-0.4, -0.2) is 34.5 Å². The molecule has 0 radical (unpaired) electrons. The molecule has 0 aromatic heterocycles. The summed E-state index contributed by atoms with van der Waals surface area (Å²) < 4.78 is 26.8. The molecule has 9 heteroatoms. The van der Waals surface area contributed by atoms with Gasteiger partial charge in [-0.25, -0.2) is 13.2 Å². The largest absolute Gasteiger partial charge is 0.342 e. The Kier molecular flexibility index (Phi) is 4.41. The van der Waals surface area contributed by atoms with E-state index in [1.165, 1.54) is 66.2 Å². The number of anilines is 3. The van der Waals surface area contributed by atoms with Gasteiger partial charge in [-0.2, -0.15) is 4.31 Å². The quantitative estimate of drug-likeness (QED) is 0.785. The highest BCUT2D eigenvalue weighted by atomic mass is 35.5. The predicted octanol–water partition coefficient (Wildman–Crippen LogP) is 3.09. The number of carbonyl (C=O) groups excluding carboxylic acids is 2. The van der Waals surface area contributed by atoms with Crippen molar-refractivity contribution in [1.82, 2.24) is 0 Å². The lowest BCUT2D eigenvalue weighted by Gasteiger charge is -2.34. The number of nitrogens with zero attached hydrogens (tertiary/aromatic N) is 3. The SMILES string of the molecule is CC(=O)N(C)c1ccc2c(c1)N(C)C(=O)N(c1ccc(Cl)cc1)S2(=O)=O. The highest BCUT2D eigenvalue weighted by Gasteiger charge is 2.41. The van der Waals surface area contributed by atoms with E-state index in [-0.39, 0.29) is 22.2 Å². The van der Waals surface area contributed by atoms with E-state index >= 15 is 0 Å². The summed E-state index contributed by atoms with van der Waals surface area (Å²) in [4.78, 5) is 26.9. The summed E-state index contributed by atoms with van der Waals surface area (Å²) in [6.45, 7) is 1.40. The molecule has 0 N–H and O–H groups in total. The van der Waals surface area contributed by atoms with Crippen LogP contribution < -0.4 is 14.1 Å². The van der Waals surface area contributed by atoms with Crippen molar-refractivity contribution in [3.8, 4) is 0 Å². The maximum atomic E-state index is 13.0. The van der Waals surface area contributed by atoms with Gasteiger partial charge in [0, 0.05) is 31.7 Å². The molecule has 0 atom stereocenters. The Hall–Kier alpha value is -2.58. The van der Waals surface area contributed by atoms with Crippen molar-refractivity contribution in [2.75, 3.05) is 28.2 Å². The molecule has 0 saturated carbocycles. The van der Waals surface area contributed by atoms with E-state index in [0.29, 0.717) is 10.7 Å². The van der Waals surface area contributed by atoms with Crippen molar-refractivity contribution in [3.05, 3.63) is 47.5 Å². The standard InChI is InChI=1S/C17H16ClN3O4S/c1-11(22)19(2)14-8-9-16-15(10-14)20(3)17(23)21(26(16,24)25)13-6-4-12(18)5-7-13/h4-10H,1-3H3. The average molecular weight is 394 g/mol. The van der Waals surface area contributed by atoms with Crippen LogP contribution in [0, 0.1) is 0 Å². The number of hydrogen-bond donors (Lipinski definition) is 0. The lowest BCUT2D eigenvalue weighted by atomic mass is 10.2. The van der Waals surface area contributed by atoms with Crippen LogP contribution in [0.1, 0.15) is 6.92 Å². The maximum absolute atomic E-state index is 13.0. The lowest BCUT2D eigenvalue weighted by Crippen LogP contribution is -2.49. The van der Waals surface area contributed by atoms with E-state index in [1.54, 1.807) is 7.05 Å². The fourth-order valence-electron chi connectivity index (χ4n) is 2.64. The normalized spacial score (nSPS) is 15.6. The van der Waals surface area contributed by atoms with Crippen molar-refractivity contribution in [2.45, 2.75) is 11.8 Å². The van der Waals surface area contributed by atoms with Crippen molar-refractivity contribution in [1.29, 1.82) is 0 Å². The van der Waals surface area contributed by atoms with Crippen molar-refractivity contribution in [3.63, 3.8) is 0 Å². The van der Waals surface area contributed by atoms with E-state index in [9.17, 15) is 18.0 Å². The van der Waals surface area contributed by atoms with Crippen LogP contribution in [0.5, 0.6) is 0 Å². The molecule has 3 amide bonds. The average Bonchev–Trinajstić information content (AvgIpc) is 2.60. The van der Waals surface area contributed by atoms with Gasteiger partial charge in [-0.15, -0.1) is 0 Å². The molecule has 0 unspecified atom stereocenters. The summed E-state index contributed by atoms with van der Waals surface area (Å²) in [6.07, 6.45) is 0. The summed E-state index contributed by atoms with van der Waals surface area (Å²) in [6, 6.07) is 9.67. The number of urea groups is 1. The molecule has 2 aromatic rings. The van der Waals surface area contributed by atoms with Crippen LogP contribution in [0.4, 0.5) is 21.9 Å². The number of benzene rings is 2. The van der Waals surface area contributed by atoms with E-state index in [4.69, 9.17) is 11.6 Å². The van der Waals surface area contributed by atoms with Gasteiger partial charge in [0.15, 0.2) is 0 Å². The van der Waals surface area contributed by atoms with Gasteiger partial charge in [-0.1, -0.05) is 11.6 Å². The number of rotatable bonds is 2. The summed E-state index contributed by atoms with van der Waals surface area (Å²) >= 11 is 5.84. The van der Waals surface area contributed by atoms with Gasteiger partial charge >= 0.3 is 6.03 Å². The highest BCUT2D eigenvalue weighted by molar-refractivity contribution is 7.94. The molecule has 2 aromatic carbocycles. The monoisotopic (exact) mass is 393 g/mol. The number of hydrogen-bond acceptors (Lipinski definition) is 4. The minimum absolute atomic E-state index is 0.0183. The molecule has 0 saturated heterocycles. The van der Waals surface area contributed by atoms with Gasteiger partial charge in [-0.3, -0.25) is 9.69 Å². The third-order valence-electron chi connectivity index (χ3n) is 4.20. The van der Waals surface area contributed by atoms with Crippen molar-refractivity contribution < 1.29 is 18.0 Å². The molecule has 26 heavy (non-hydrogen) atoms. The molecule has 1 heterocycles. The first-order chi connectivity index (χ1) is 12.1. The predicted molar refractivity (Wildman–Crippen MR) is 100 cm³/mol. The Balaban J connectivity index is 2.16. The number of sulfonamides is 1. The second-order valence-corrected chi connectivity index (χ2v) is 8.01. The molecular formula is C17H16ClN3O4S. The molecule has 136 valence electrons. The van der Waals surface area contributed by atoms with Crippen LogP contribution >= 0.6 is 11.6 Å². The summed E-state index contributed by atoms with van der Waals surface area (Å²) in [5, 5.41) is 0.432. The first-order valence-corrected chi connectivity index (χ1v) is 9.43. The first kappa shape index (κ1) is 18.2. The topological polar surface area (TPSA) is 78.0 Å². The van der Waals surface area contributed by atoms with Gasteiger partial charge in [-0.05, 0) is 42.5 Å². The zero-order valence-corrected chi connectivity index (χ0v) is 15.9. The van der Waals surface area contributed by atoms with Crippen LogP contribution in [0.25, 0.3) is 0 Å². The summed E-state index contributed by atoms with van der Waals surface area (Å²) in [5.74, 6) is -0.208. The Morgan fingerprint density at radius 1 is 1.12 bits per heavy atom.